The van der Waals surface area contributed by atoms with Crippen LogP contribution in [0.3, 0.4) is 0 Å². The van der Waals surface area contributed by atoms with Crippen LogP contribution in [0.25, 0.3) is 0 Å². The van der Waals surface area contributed by atoms with Crippen molar-refractivity contribution < 1.29 is 0 Å². The summed E-state index contributed by atoms with van der Waals surface area (Å²) in [6, 6.07) is 22.5. The smallest absolute Gasteiger partial charge is 0.0176 e. The maximum absolute atomic E-state index is 2.68. The van der Waals surface area contributed by atoms with Gasteiger partial charge in [0.1, 0.15) is 0 Å². The van der Waals surface area contributed by atoms with Gasteiger partial charge in [-0.3, -0.25) is 4.90 Å². The molecular weight excluding hydrogens is 278 g/mol. The second-order valence-corrected chi connectivity index (χ2v) is 5.78. The molecule has 0 unspecified atom stereocenters. The lowest BCUT2D eigenvalue weighted by Crippen LogP contribution is -2.36. The highest BCUT2D eigenvalue weighted by Gasteiger charge is 2.22. The average molecular weight is 302 g/mol. The molecular formula is C19H24ClN. The monoisotopic (exact) mass is 301 g/mol. The zero-order valence-electron chi connectivity index (χ0n) is 12.4. The van der Waals surface area contributed by atoms with Crippen LogP contribution >= 0.6 is 12.4 Å². The Labute approximate surface area is 134 Å². The summed E-state index contributed by atoms with van der Waals surface area (Å²) in [5.74, 6) is 0. The molecule has 2 heteroatoms. The maximum atomic E-state index is 2.68. The maximum Gasteiger partial charge on any atom is 0.0176 e. The summed E-state index contributed by atoms with van der Waals surface area (Å²) < 4.78 is 0. The fourth-order valence-electron chi connectivity index (χ4n) is 3.21. The van der Waals surface area contributed by atoms with Crippen LogP contribution < -0.4 is 0 Å². The highest BCUT2D eigenvalue weighted by Crippen LogP contribution is 2.19. The quantitative estimate of drug-likeness (QED) is 0.793. The summed E-state index contributed by atoms with van der Waals surface area (Å²) in [4.78, 5) is 2.68. The van der Waals surface area contributed by atoms with E-state index in [1.165, 1.54) is 37.1 Å². The van der Waals surface area contributed by atoms with Crippen molar-refractivity contribution in [2.75, 3.05) is 13.1 Å². The van der Waals surface area contributed by atoms with Crippen LogP contribution in [0.1, 0.15) is 24.0 Å². The lowest BCUT2D eigenvalue weighted by molar-refractivity contribution is 0.239. The first-order chi connectivity index (χ1) is 9.92. The van der Waals surface area contributed by atoms with Gasteiger partial charge in [-0.1, -0.05) is 60.7 Å². The molecule has 0 bridgehead atoms. The van der Waals surface area contributed by atoms with E-state index in [9.17, 15) is 0 Å². The molecule has 0 amide bonds. The highest BCUT2D eigenvalue weighted by atomic mass is 35.5. The van der Waals surface area contributed by atoms with Crippen LogP contribution in [0.2, 0.25) is 0 Å². The van der Waals surface area contributed by atoms with Crippen molar-refractivity contribution in [3.63, 3.8) is 0 Å². The summed E-state index contributed by atoms with van der Waals surface area (Å²) >= 11 is 0. The Kier molecular flexibility index (Phi) is 6.28. The fourth-order valence-corrected chi connectivity index (χ4v) is 3.21. The van der Waals surface area contributed by atoms with E-state index >= 15 is 0 Å². The lowest BCUT2D eigenvalue weighted by Gasteiger charge is -2.28. The van der Waals surface area contributed by atoms with E-state index in [1.807, 2.05) is 0 Å². The van der Waals surface area contributed by atoms with Gasteiger partial charge in [-0.2, -0.15) is 0 Å². The Balaban J connectivity index is 0.00000161. The Hall–Kier alpha value is -1.31. The third kappa shape index (κ3) is 4.59. The molecule has 0 aromatic heterocycles. The molecule has 2 aromatic rings. The summed E-state index contributed by atoms with van der Waals surface area (Å²) in [7, 11) is 0. The van der Waals surface area contributed by atoms with Gasteiger partial charge in [0, 0.05) is 6.04 Å². The molecule has 0 atom stereocenters. The molecule has 0 aliphatic carbocycles. The molecule has 21 heavy (non-hydrogen) atoms. The Bertz CT molecular complexity index is 464. The molecule has 1 aliphatic heterocycles. The van der Waals surface area contributed by atoms with E-state index in [4.69, 9.17) is 0 Å². The molecule has 1 saturated heterocycles. The number of hydrogen-bond acceptors (Lipinski definition) is 1. The van der Waals surface area contributed by atoms with Gasteiger partial charge >= 0.3 is 0 Å². The first-order valence-electron chi connectivity index (χ1n) is 7.74. The lowest BCUT2D eigenvalue weighted by atomic mass is 9.98. The largest absolute Gasteiger partial charge is 0.300 e. The summed E-state index contributed by atoms with van der Waals surface area (Å²) in [6.45, 7) is 2.54. The van der Waals surface area contributed by atoms with E-state index in [1.54, 1.807) is 0 Å². The van der Waals surface area contributed by atoms with Gasteiger partial charge < -0.3 is 0 Å². The van der Waals surface area contributed by atoms with Crippen molar-refractivity contribution in [1.82, 2.24) is 4.90 Å². The van der Waals surface area contributed by atoms with Crippen LogP contribution in [-0.4, -0.2) is 24.0 Å². The molecule has 1 fully saturated rings. The van der Waals surface area contributed by atoms with Crippen LogP contribution in [0, 0.1) is 0 Å². The number of halogens is 1. The molecule has 1 aliphatic rings. The third-order valence-corrected chi connectivity index (χ3v) is 4.29. The Morgan fingerprint density at radius 3 is 1.57 bits per heavy atom. The Morgan fingerprint density at radius 2 is 1.14 bits per heavy atom. The predicted molar refractivity (Wildman–Crippen MR) is 92.1 cm³/mol. The number of rotatable bonds is 5. The van der Waals surface area contributed by atoms with Gasteiger partial charge in [-0.15, -0.1) is 12.4 Å². The molecule has 0 N–H and O–H groups in total. The van der Waals surface area contributed by atoms with Crippen molar-refractivity contribution in [2.24, 2.45) is 0 Å². The minimum atomic E-state index is 0. The van der Waals surface area contributed by atoms with Crippen LogP contribution in [-0.2, 0) is 12.8 Å². The molecule has 0 saturated carbocycles. The second kappa shape index (κ2) is 8.21. The van der Waals surface area contributed by atoms with Crippen molar-refractivity contribution in [3.8, 4) is 0 Å². The molecule has 112 valence electrons. The number of nitrogens with zero attached hydrogens (tertiary/aromatic N) is 1. The van der Waals surface area contributed by atoms with Crippen molar-refractivity contribution >= 4 is 12.4 Å². The summed E-state index contributed by atoms with van der Waals surface area (Å²) in [5, 5.41) is 0. The fraction of sp³-hybridized carbons (Fsp3) is 0.368. The van der Waals surface area contributed by atoms with Crippen LogP contribution in [0.5, 0.6) is 0 Å². The average Bonchev–Trinajstić information content (AvgIpc) is 3.03. The van der Waals surface area contributed by atoms with E-state index in [0.29, 0.717) is 6.04 Å². The standard InChI is InChI=1S/C19H23N.ClH/c1-3-9-17(10-4-1)15-19(20-13-7-8-14-20)16-18-11-5-2-6-12-18;/h1-6,9-12,19H,7-8,13-16H2;1H. The molecule has 1 nitrogen and oxygen atoms in total. The van der Waals surface area contributed by atoms with E-state index in [0.717, 1.165) is 12.8 Å². The van der Waals surface area contributed by atoms with Crippen LogP contribution in [0.4, 0.5) is 0 Å². The van der Waals surface area contributed by atoms with Gasteiger partial charge in [0.25, 0.3) is 0 Å². The minimum Gasteiger partial charge on any atom is -0.300 e. The normalized spacial score (nSPS) is 15.1. The van der Waals surface area contributed by atoms with Gasteiger partial charge in [0.2, 0.25) is 0 Å². The van der Waals surface area contributed by atoms with Gasteiger partial charge in [0.15, 0.2) is 0 Å². The minimum absolute atomic E-state index is 0. The SMILES string of the molecule is Cl.c1ccc(CC(Cc2ccccc2)N2CCCC2)cc1. The van der Waals surface area contributed by atoms with Gasteiger partial charge in [-0.05, 0) is 49.9 Å². The Morgan fingerprint density at radius 1 is 0.714 bits per heavy atom. The topological polar surface area (TPSA) is 3.24 Å². The zero-order valence-corrected chi connectivity index (χ0v) is 13.3. The zero-order chi connectivity index (χ0) is 13.6. The molecule has 3 rings (SSSR count). The van der Waals surface area contributed by atoms with E-state index in [2.05, 4.69) is 65.6 Å². The van der Waals surface area contributed by atoms with Crippen molar-refractivity contribution in [1.29, 1.82) is 0 Å². The molecule has 0 spiro atoms. The number of likely N-dealkylation sites (tertiary alicyclic amines) is 1. The summed E-state index contributed by atoms with van der Waals surface area (Å²) in [5.41, 5.74) is 2.92. The van der Waals surface area contributed by atoms with Gasteiger partial charge in [0.05, 0.1) is 0 Å². The molecule has 2 aromatic carbocycles. The molecule has 1 heterocycles. The van der Waals surface area contributed by atoms with E-state index < -0.39 is 0 Å². The first-order valence-corrected chi connectivity index (χ1v) is 7.74. The second-order valence-electron chi connectivity index (χ2n) is 5.78. The number of benzene rings is 2. The highest BCUT2D eigenvalue weighted by molar-refractivity contribution is 5.85. The van der Waals surface area contributed by atoms with Gasteiger partial charge in [-0.25, -0.2) is 0 Å². The van der Waals surface area contributed by atoms with E-state index in [-0.39, 0.29) is 12.4 Å². The van der Waals surface area contributed by atoms with Crippen LogP contribution in [0.15, 0.2) is 60.7 Å². The molecule has 0 radical (unpaired) electrons. The summed E-state index contributed by atoms with van der Waals surface area (Å²) in [6.07, 6.45) is 5.05. The number of hydrogen-bond donors (Lipinski definition) is 0. The first kappa shape index (κ1) is 16.1. The van der Waals surface area contributed by atoms with Crippen molar-refractivity contribution in [2.45, 2.75) is 31.7 Å². The third-order valence-electron chi connectivity index (χ3n) is 4.29. The van der Waals surface area contributed by atoms with Crippen molar-refractivity contribution in [3.05, 3.63) is 71.8 Å². The predicted octanol–water partition coefficient (Wildman–Crippen LogP) is 4.36.